The first-order chi connectivity index (χ1) is 4.52. The molecule has 0 heterocycles. The van der Waals surface area contributed by atoms with Crippen LogP contribution >= 0.6 is 0 Å². The molecule has 0 spiro atoms. The summed E-state index contributed by atoms with van der Waals surface area (Å²) in [5.74, 6) is -1.83. The molecule has 0 aliphatic heterocycles. The minimum Gasteiger partial charge on any atom is -0.395 e. The molecule has 58 valence electrons. The molecule has 0 bridgehead atoms. The van der Waals surface area contributed by atoms with Crippen LogP contribution in [-0.4, -0.2) is 17.9 Å². The van der Waals surface area contributed by atoms with E-state index in [0.717, 1.165) is 0 Å². The Morgan fingerprint density at radius 3 is 2.20 bits per heavy atom. The van der Waals surface area contributed by atoms with E-state index in [9.17, 15) is 13.2 Å². The summed E-state index contributed by atoms with van der Waals surface area (Å²) in [6.07, 6.45) is -3.70. The van der Waals surface area contributed by atoms with Gasteiger partial charge < -0.3 is 5.11 Å². The molecule has 4 heteroatoms. The van der Waals surface area contributed by atoms with Crippen molar-refractivity contribution in [1.29, 1.82) is 0 Å². The first-order valence-electron chi connectivity index (χ1n) is 2.56. The highest BCUT2D eigenvalue weighted by molar-refractivity contribution is 4.88. The standard InChI is InChI=1S/C6H7F3O/c1-2-3-5(4-10)6(7,8)9/h3,5,10H,1,4H2. The summed E-state index contributed by atoms with van der Waals surface area (Å²) in [5.41, 5.74) is 1.97. The topological polar surface area (TPSA) is 20.2 Å². The monoisotopic (exact) mass is 152 g/mol. The molecular formula is C6H7F3O. The molecule has 0 aliphatic rings. The van der Waals surface area contributed by atoms with Gasteiger partial charge in [-0.3, -0.25) is 0 Å². The van der Waals surface area contributed by atoms with Crippen LogP contribution in [0.15, 0.2) is 18.4 Å². The van der Waals surface area contributed by atoms with Gasteiger partial charge in [0, 0.05) is 0 Å². The zero-order valence-electron chi connectivity index (χ0n) is 5.15. The quantitative estimate of drug-likeness (QED) is 0.594. The van der Waals surface area contributed by atoms with Crippen LogP contribution in [0.2, 0.25) is 0 Å². The Morgan fingerprint density at radius 2 is 2.10 bits per heavy atom. The largest absolute Gasteiger partial charge is 0.397 e. The maximum atomic E-state index is 11.6. The Morgan fingerprint density at radius 1 is 1.60 bits per heavy atom. The van der Waals surface area contributed by atoms with Crippen LogP contribution in [0.3, 0.4) is 0 Å². The Hall–Kier alpha value is -0.730. The third-order valence-corrected chi connectivity index (χ3v) is 0.936. The average molecular weight is 152 g/mol. The van der Waals surface area contributed by atoms with Gasteiger partial charge in [0.05, 0.1) is 6.61 Å². The van der Waals surface area contributed by atoms with Gasteiger partial charge in [0.2, 0.25) is 0 Å². The first kappa shape index (κ1) is 9.27. The van der Waals surface area contributed by atoms with Gasteiger partial charge in [-0.05, 0) is 6.08 Å². The Labute approximate surface area is 56.5 Å². The highest BCUT2D eigenvalue weighted by Crippen LogP contribution is 2.26. The van der Waals surface area contributed by atoms with Crippen LogP contribution in [0.5, 0.6) is 0 Å². The summed E-state index contributed by atoms with van der Waals surface area (Å²) in [5, 5.41) is 8.17. The molecular weight excluding hydrogens is 145 g/mol. The zero-order chi connectivity index (χ0) is 8.20. The molecule has 1 N–H and O–H groups in total. The van der Waals surface area contributed by atoms with E-state index in [-0.39, 0.29) is 0 Å². The molecule has 0 rings (SSSR count). The Kier molecular flexibility index (Phi) is 3.19. The summed E-state index contributed by atoms with van der Waals surface area (Å²) in [6.45, 7) is 2.02. The molecule has 0 amide bonds. The fourth-order valence-electron chi connectivity index (χ4n) is 0.393. The summed E-state index contributed by atoms with van der Waals surface area (Å²) in [6, 6.07) is 0. The van der Waals surface area contributed by atoms with Crippen molar-refractivity contribution in [3.8, 4) is 0 Å². The molecule has 0 aromatic carbocycles. The fourth-order valence-corrected chi connectivity index (χ4v) is 0.393. The summed E-state index contributed by atoms with van der Waals surface area (Å²) < 4.78 is 34.9. The summed E-state index contributed by atoms with van der Waals surface area (Å²) in [4.78, 5) is 0. The first-order valence-corrected chi connectivity index (χ1v) is 2.56. The SMILES string of the molecule is C=C=CC(CO)C(F)(F)F. The molecule has 10 heavy (non-hydrogen) atoms. The third-order valence-electron chi connectivity index (χ3n) is 0.936. The van der Waals surface area contributed by atoms with Gasteiger partial charge in [-0.1, -0.05) is 6.58 Å². The molecule has 0 aromatic rings. The van der Waals surface area contributed by atoms with Crippen molar-refractivity contribution in [2.45, 2.75) is 6.18 Å². The van der Waals surface area contributed by atoms with Crippen molar-refractivity contribution < 1.29 is 18.3 Å². The lowest BCUT2D eigenvalue weighted by Gasteiger charge is -2.11. The Bertz CT molecular complexity index is 144. The molecule has 0 saturated heterocycles. The van der Waals surface area contributed by atoms with Gasteiger partial charge in [-0.15, -0.1) is 5.73 Å². The lowest BCUT2D eigenvalue weighted by molar-refractivity contribution is -0.169. The lowest BCUT2D eigenvalue weighted by Crippen LogP contribution is -2.23. The molecule has 0 aliphatic carbocycles. The lowest BCUT2D eigenvalue weighted by atomic mass is 10.1. The van der Waals surface area contributed by atoms with E-state index in [0.29, 0.717) is 6.08 Å². The number of rotatable bonds is 2. The van der Waals surface area contributed by atoms with Gasteiger partial charge >= 0.3 is 6.18 Å². The van der Waals surface area contributed by atoms with Crippen LogP contribution in [-0.2, 0) is 0 Å². The van der Waals surface area contributed by atoms with Crippen LogP contribution < -0.4 is 0 Å². The maximum Gasteiger partial charge on any atom is 0.397 e. The van der Waals surface area contributed by atoms with E-state index < -0.39 is 18.7 Å². The van der Waals surface area contributed by atoms with E-state index >= 15 is 0 Å². The number of hydrogen-bond acceptors (Lipinski definition) is 1. The maximum absolute atomic E-state index is 11.6. The van der Waals surface area contributed by atoms with Gasteiger partial charge in [-0.2, -0.15) is 13.2 Å². The van der Waals surface area contributed by atoms with Crippen LogP contribution in [0.25, 0.3) is 0 Å². The molecule has 1 unspecified atom stereocenters. The number of halogens is 3. The van der Waals surface area contributed by atoms with Crippen molar-refractivity contribution >= 4 is 0 Å². The molecule has 0 aromatic heterocycles. The minimum atomic E-state index is -4.39. The van der Waals surface area contributed by atoms with Crippen LogP contribution in [0, 0.1) is 5.92 Å². The second-order valence-corrected chi connectivity index (χ2v) is 1.70. The second kappa shape index (κ2) is 3.44. The number of hydrogen-bond donors (Lipinski definition) is 1. The summed E-state index contributed by atoms with van der Waals surface area (Å²) in [7, 11) is 0. The molecule has 0 radical (unpaired) electrons. The minimum absolute atomic E-state index is 0.694. The van der Waals surface area contributed by atoms with E-state index in [1.165, 1.54) is 0 Å². The molecule has 1 nitrogen and oxygen atoms in total. The number of aliphatic hydroxyl groups is 1. The molecule has 1 atom stereocenters. The van der Waals surface area contributed by atoms with E-state index in [1.807, 2.05) is 5.73 Å². The van der Waals surface area contributed by atoms with Gasteiger partial charge in [-0.25, -0.2) is 0 Å². The van der Waals surface area contributed by atoms with E-state index in [2.05, 4.69) is 6.58 Å². The fraction of sp³-hybridized carbons (Fsp3) is 0.500. The average Bonchev–Trinajstić information content (AvgIpc) is 1.80. The van der Waals surface area contributed by atoms with Crippen molar-refractivity contribution in [2.75, 3.05) is 6.61 Å². The highest BCUT2D eigenvalue weighted by atomic mass is 19.4. The van der Waals surface area contributed by atoms with Gasteiger partial charge in [0.1, 0.15) is 5.92 Å². The van der Waals surface area contributed by atoms with Crippen LogP contribution in [0.4, 0.5) is 13.2 Å². The van der Waals surface area contributed by atoms with Gasteiger partial charge in [0.15, 0.2) is 0 Å². The van der Waals surface area contributed by atoms with Crippen molar-refractivity contribution in [3.63, 3.8) is 0 Å². The van der Waals surface area contributed by atoms with E-state index in [1.54, 1.807) is 0 Å². The van der Waals surface area contributed by atoms with Crippen molar-refractivity contribution in [2.24, 2.45) is 5.92 Å². The molecule has 0 saturated carbocycles. The highest BCUT2D eigenvalue weighted by Gasteiger charge is 2.37. The van der Waals surface area contributed by atoms with E-state index in [4.69, 9.17) is 5.11 Å². The zero-order valence-corrected chi connectivity index (χ0v) is 5.15. The predicted octanol–water partition coefficient (Wildman–Crippen LogP) is 1.50. The molecule has 0 fully saturated rings. The number of alkyl halides is 3. The Balaban J connectivity index is 4.20. The summed E-state index contributed by atoms with van der Waals surface area (Å²) >= 11 is 0. The smallest absolute Gasteiger partial charge is 0.395 e. The normalized spacial score (nSPS) is 14.0. The van der Waals surface area contributed by atoms with Crippen LogP contribution in [0.1, 0.15) is 0 Å². The number of aliphatic hydroxyl groups excluding tert-OH is 1. The van der Waals surface area contributed by atoms with Crippen molar-refractivity contribution in [1.82, 2.24) is 0 Å². The predicted molar refractivity (Wildman–Crippen MR) is 30.3 cm³/mol. The third kappa shape index (κ3) is 2.71. The van der Waals surface area contributed by atoms with Gasteiger partial charge in [0.25, 0.3) is 0 Å². The second-order valence-electron chi connectivity index (χ2n) is 1.70. The van der Waals surface area contributed by atoms with Crippen molar-refractivity contribution in [3.05, 3.63) is 18.4 Å².